The molecule has 1 unspecified atom stereocenters. The Balaban J connectivity index is 1.93. The minimum Gasteiger partial charge on any atom is -0.504 e. The number of aliphatic hydroxyl groups excluding tert-OH is 1. The summed E-state index contributed by atoms with van der Waals surface area (Å²) in [4.78, 5) is 12.7. The van der Waals surface area contributed by atoms with Crippen LogP contribution in [0.5, 0.6) is 11.5 Å². The van der Waals surface area contributed by atoms with Gasteiger partial charge in [-0.2, -0.15) is 0 Å². The molecule has 0 radical (unpaired) electrons. The average molecular weight is 337 g/mol. The maximum absolute atomic E-state index is 12.7. The Morgan fingerprint density at radius 2 is 2.00 bits per heavy atom. The molecule has 6 nitrogen and oxygen atoms in total. The van der Waals surface area contributed by atoms with Gasteiger partial charge in [0.05, 0.1) is 11.5 Å². The van der Waals surface area contributed by atoms with Gasteiger partial charge in [-0.3, -0.25) is 4.79 Å². The van der Waals surface area contributed by atoms with Crippen molar-refractivity contribution in [2.75, 3.05) is 19.8 Å². The number of ether oxygens (including phenoxy) is 1. The molecule has 1 fully saturated rings. The van der Waals surface area contributed by atoms with Crippen LogP contribution in [0.25, 0.3) is 0 Å². The van der Waals surface area contributed by atoms with E-state index in [9.17, 15) is 20.1 Å². The molecule has 1 aliphatic carbocycles. The van der Waals surface area contributed by atoms with E-state index in [1.807, 2.05) is 6.92 Å². The normalized spacial score (nSPS) is 17.6. The summed E-state index contributed by atoms with van der Waals surface area (Å²) in [5.74, 6) is -0.570. The summed E-state index contributed by atoms with van der Waals surface area (Å²) in [7, 11) is 0. The highest BCUT2D eigenvalue weighted by atomic mass is 16.5. The second-order valence-corrected chi connectivity index (χ2v) is 6.41. The maximum Gasteiger partial charge on any atom is 0.226 e. The van der Waals surface area contributed by atoms with Crippen molar-refractivity contribution in [3.05, 3.63) is 23.8 Å². The molecule has 4 N–H and O–H groups in total. The molecule has 0 heterocycles. The summed E-state index contributed by atoms with van der Waals surface area (Å²) < 4.78 is 5.41. The molecule has 1 saturated carbocycles. The van der Waals surface area contributed by atoms with E-state index in [1.54, 1.807) is 0 Å². The molecule has 0 saturated heterocycles. The lowest BCUT2D eigenvalue weighted by atomic mass is 9.82. The summed E-state index contributed by atoms with van der Waals surface area (Å²) in [6.07, 6.45) is 3.53. The Hall–Kier alpha value is -1.79. The SMILES string of the molecule is CCOCCC1(C(=O)NCC(O)c2ccc(O)c(O)c2)CCCC1. The zero-order valence-electron chi connectivity index (χ0n) is 14.1. The molecule has 0 bridgehead atoms. The number of rotatable bonds is 8. The van der Waals surface area contributed by atoms with Crippen molar-refractivity contribution in [2.24, 2.45) is 5.41 Å². The van der Waals surface area contributed by atoms with E-state index in [0.717, 1.165) is 25.7 Å². The largest absolute Gasteiger partial charge is 0.504 e. The summed E-state index contributed by atoms with van der Waals surface area (Å²) in [6.45, 7) is 3.21. The molecule has 6 heteroatoms. The zero-order chi connectivity index (χ0) is 17.6. The Morgan fingerprint density at radius 3 is 2.62 bits per heavy atom. The van der Waals surface area contributed by atoms with Crippen LogP contribution in [0.15, 0.2) is 18.2 Å². The lowest BCUT2D eigenvalue weighted by Gasteiger charge is -2.28. The molecule has 0 aromatic heterocycles. The van der Waals surface area contributed by atoms with E-state index < -0.39 is 11.5 Å². The van der Waals surface area contributed by atoms with Gasteiger partial charge in [0, 0.05) is 19.8 Å². The topological polar surface area (TPSA) is 99.0 Å². The summed E-state index contributed by atoms with van der Waals surface area (Å²) >= 11 is 0. The van der Waals surface area contributed by atoms with Crippen LogP contribution >= 0.6 is 0 Å². The predicted molar refractivity (Wildman–Crippen MR) is 89.8 cm³/mol. The highest BCUT2D eigenvalue weighted by molar-refractivity contribution is 5.83. The van der Waals surface area contributed by atoms with Gasteiger partial charge >= 0.3 is 0 Å². The second-order valence-electron chi connectivity index (χ2n) is 6.41. The third-order valence-corrected chi connectivity index (χ3v) is 4.81. The first-order valence-corrected chi connectivity index (χ1v) is 8.54. The van der Waals surface area contributed by atoms with Gasteiger partial charge < -0.3 is 25.4 Å². The third kappa shape index (κ3) is 4.39. The van der Waals surface area contributed by atoms with Crippen molar-refractivity contribution in [1.82, 2.24) is 5.32 Å². The van der Waals surface area contributed by atoms with Crippen LogP contribution in [0.1, 0.15) is 50.7 Å². The number of phenolic OH excluding ortho intramolecular Hbond substituents is 2. The van der Waals surface area contributed by atoms with Crippen LogP contribution in [0.3, 0.4) is 0 Å². The number of hydrogen-bond donors (Lipinski definition) is 4. The van der Waals surface area contributed by atoms with Crippen molar-refractivity contribution < 1.29 is 24.9 Å². The van der Waals surface area contributed by atoms with Crippen molar-refractivity contribution in [3.63, 3.8) is 0 Å². The van der Waals surface area contributed by atoms with Gasteiger partial charge in [-0.25, -0.2) is 0 Å². The van der Waals surface area contributed by atoms with Gasteiger partial charge in [0.15, 0.2) is 11.5 Å². The van der Waals surface area contributed by atoms with Gasteiger partial charge in [0.2, 0.25) is 5.91 Å². The fourth-order valence-corrected chi connectivity index (χ4v) is 3.30. The fraction of sp³-hybridized carbons (Fsp3) is 0.611. The van der Waals surface area contributed by atoms with Crippen LogP contribution in [0.4, 0.5) is 0 Å². The van der Waals surface area contributed by atoms with Crippen molar-refractivity contribution in [1.29, 1.82) is 0 Å². The Bertz CT molecular complexity index is 554. The van der Waals surface area contributed by atoms with Crippen LogP contribution in [-0.4, -0.2) is 41.0 Å². The number of hydrogen-bond acceptors (Lipinski definition) is 5. The van der Waals surface area contributed by atoms with Crippen LogP contribution < -0.4 is 5.32 Å². The highest BCUT2D eigenvalue weighted by Crippen LogP contribution is 2.41. The molecule has 1 atom stereocenters. The Labute approximate surface area is 142 Å². The molecule has 24 heavy (non-hydrogen) atoms. The van der Waals surface area contributed by atoms with Crippen molar-refractivity contribution in [2.45, 2.75) is 45.1 Å². The minimum absolute atomic E-state index is 0.0400. The number of aliphatic hydroxyl groups is 1. The molecule has 0 aliphatic heterocycles. The average Bonchev–Trinajstić information content (AvgIpc) is 3.05. The Kier molecular flexibility index (Phi) is 6.45. The van der Waals surface area contributed by atoms with E-state index in [4.69, 9.17) is 4.74 Å². The number of nitrogens with one attached hydrogen (secondary N) is 1. The summed E-state index contributed by atoms with van der Waals surface area (Å²) in [6, 6.07) is 4.13. The summed E-state index contributed by atoms with van der Waals surface area (Å²) in [5.41, 5.74) is 0.0480. The molecule has 1 amide bonds. The molecule has 1 aromatic rings. The van der Waals surface area contributed by atoms with Crippen LogP contribution in [0.2, 0.25) is 0 Å². The molecular weight excluding hydrogens is 310 g/mol. The highest BCUT2D eigenvalue weighted by Gasteiger charge is 2.40. The van der Waals surface area contributed by atoms with E-state index >= 15 is 0 Å². The van der Waals surface area contributed by atoms with Crippen molar-refractivity contribution in [3.8, 4) is 11.5 Å². The van der Waals surface area contributed by atoms with Gasteiger partial charge in [0.25, 0.3) is 0 Å². The van der Waals surface area contributed by atoms with Gasteiger partial charge in [0.1, 0.15) is 0 Å². The number of amides is 1. The third-order valence-electron chi connectivity index (χ3n) is 4.81. The second kappa shape index (κ2) is 8.35. The lowest BCUT2D eigenvalue weighted by Crippen LogP contribution is -2.41. The quantitative estimate of drug-likeness (QED) is 0.431. The molecule has 1 aromatic carbocycles. The number of benzene rings is 1. The number of carbonyl (C=O) groups excluding carboxylic acids is 1. The van der Waals surface area contributed by atoms with Gasteiger partial charge in [-0.05, 0) is 43.9 Å². The molecule has 0 spiro atoms. The standard InChI is InChI=1S/C18H27NO5/c1-2-24-10-9-18(7-3-4-8-18)17(23)19-12-16(22)13-5-6-14(20)15(21)11-13/h5-6,11,16,20-22H,2-4,7-10,12H2,1H3,(H,19,23). The first-order chi connectivity index (χ1) is 11.5. The predicted octanol–water partition coefficient (Wildman–Crippen LogP) is 2.23. The number of carbonyl (C=O) groups is 1. The monoisotopic (exact) mass is 337 g/mol. The van der Waals surface area contributed by atoms with E-state index in [0.29, 0.717) is 25.2 Å². The number of phenols is 2. The Morgan fingerprint density at radius 1 is 1.29 bits per heavy atom. The first-order valence-electron chi connectivity index (χ1n) is 8.54. The molecule has 134 valence electrons. The van der Waals surface area contributed by atoms with Crippen LogP contribution in [0, 0.1) is 5.41 Å². The van der Waals surface area contributed by atoms with E-state index in [1.165, 1.54) is 18.2 Å². The van der Waals surface area contributed by atoms with Crippen LogP contribution in [-0.2, 0) is 9.53 Å². The molecule has 2 rings (SSSR count). The van der Waals surface area contributed by atoms with Crippen molar-refractivity contribution >= 4 is 5.91 Å². The zero-order valence-corrected chi connectivity index (χ0v) is 14.1. The maximum atomic E-state index is 12.7. The fourth-order valence-electron chi connectivity index (χ4n) is 3.30. The van der Waals surface area contributed by atoms with Gasteiger partial charge in [-0.1, -0.05) is 18.9 Å². The molecular formula is C18H27NO5. The minimum atomic E-state index is -0.939. The lowest BCUT2D eigenvalue weighted by molar-refractivity contribution is -0.132. The van der Waals surface area contributed by atoms with E-state index in [-0.39, 0.29) is 24.0 Å². The number of aromatic hydroxyl groups is 2. The molecule has 1 aliphatic rings. The smallest absolute Gasteiger partial charge is 0.226 e. The van der Waals surface area contributed by atoms with Gasteiger partial charge in [-0.15, -0.1) is 0 Å². The first kappa shape index (κ1) is 18.5. The summed E-state index contributed by atoms with van der Waals surface area (Å²) in [5, 5.41) is 31.8. The van der Waals surface area contributed by atoms with E-state index in [2.05, 4.69) is 5.32 Å².